The fraction of sp³-hybridized carbons (Fsp3) is 0.250. The molecule has 35 heavy (non-hydrogen) atoms. The number of hydrogen-bond acceptors (Lipinski definition) is 8. The molecule has 11 heteroatoms. The van der Waals surface area contributed by atoms with Crippen molar-refractivity contribution in [3.05, 3.63) is 77.0 Å². The summed E-state index contributed by atoms with van der Waals surface area (Å²) in [7, 11) is 0. The minimum Gasteiger partial charge on any atom is -0.396 e. The molecule has 0 spiro atoms. The highest BCUT2D eigenvalue weighted by atomic mass is 32.1. The van der Waals surface area contributed by atoms with E-state index in [1.807, 2.05) is 12.1 Å². The maximum atomic E-state index is 14.9. The van der Waals surface area contributed by atoms with Crippen molar-refractivity contribution in [2.24, 2.45) is 5.73 Å². The largest absolute Gasteiger partial charge is 0.396 e. The van der Waals surface area contributed by atoms with E-state index >= 15 is 0 Å². The van der Waals surface area contributed by atoms with Crippen LogP contribution in [0.25, 0.3) is 10.4 Å². The van der Waals surface area contributed by atoms with Crippen LogP contribution in [-0.4, -0.2) is 42.7 Å². The van der Waals surface area contributed by atoms with Crippen molar-refractivity contribution in [2.45, 2.75) is 32.4 Å². The lowest BCUT2D eigenvalue weighted by Crippen LogP contribution is -2.15. The minimum atomic E-state index is -1.18. The first-order valence-corrected chi connectivity index (χ1v) is 11.6. The molecule has 0 bridgehead atoms. The summed E-state index contributed by atoms with van der Waals surface area (Å²) < 4.78 is 16.5. The number of thiophene rings is 1. The molecule has 3 heterocycles. The predicted octanol–water partition coefficient (Wildman–Crippen LogP) is 3.19. The number of nitrogens with one attached hydrogen (secondary N) is 1. The second kappa shape index (κ2) is 9.90. The van der Waals surface area contributed by atoms with Gasteiger partial charge in [-0.05, 0) is 43.7 Å². The van der Waals surface area contributed by atoms with Gasteiger partial charge in [0.2, 0.25) is 0 Å². The summed E-state index contributed by atoms with van der Waals surface area (Å²) >= 11 is 1.18. The van der Waals surface area contributed by atoms with Crippen LogP contribution in [0.2, 0.25) is 0 Å². The fourth-order valence-corrected chi connectivity index (χ4v) is 4.56. The van der Waals surface area contributed by atoms with Gasteiger partial charge in [0.15, 0.2) is 0 Å². The number of primary amides is 1. The highest BCUT2D eigenvalue weighted by molar-refractivity contribution is 7.19. The smallest absolute Gasteiger partial charge is 0.251 e. The van der Waals surface area contributed by atoms with Gasteiger partial charge in [-0.15, -0.1) is 16.4 Å². The highest BCUT2D eigenvalue weighted by Gasteiger charge is 2.21. The maximum Gasteiger partial charge on any atom is 0.251 e. The van der Waals surface area contributed by atoms with Gasteiger partial charge in [-0.3, -0.25) is 4.79 Å². The van der Waals surface area contributed by atoms with E-state index in [0.717, 1.165) is 0 Å². The van der Waals surface area contributed by atoms with Crippen molar-refractivity contribution in [1.29, 1.82) is 0 Å². The number of nitrogens with zero attached hydrogens (tertiary/aromatic N) is 4. The molecular weight excluding hydrogens is 471 g/mol. The summed E-state index contributed by atoms with van der Waals surface area (Å²) in [4.78, 5) is 17.2. The fourth-order valence-electron chi connectivity index (χ4n) is 3.46. The standard InChI is InChI=1S/C24H25FN6O3S/c1-24(2,34)14-6-7-17(19(25)10-14)20-11-18(22(26)33)23(35-20)28-21-5-3-4-15(27-21)12-31-13-16(8-9-32)29-30-31/h3-7,10-11,13,32,34H,8-9,12H2,1-2H3,(H2,26,33)(H,27,28). The topological polar surface area (TPSA) is 139 Å². The van der Waals surface area contributed by atoms with Crippen LogP contribution in [0.4, 0.5) is 15.2 Å². The first kappa shape index (κ1) is 24.5. The summed E-state index contributed by atoms with van der Waals surface area (Å²) in [5.41, 5.74) is 6.74. The molecule has 0 aliphatic rings. The second-order valence-corrected chi connectivity index (χ2v) is 9.54. The Morgan fingerprint density at radius 3 is 2.71 bits per heavy atom. The summed E-state index contributed by atoms with van der Waals surface area (Å²) in [6.07, 6.45) is 2.17. The summed E-state index contributed by atoms with van der Waals surface area (Å²) in [6, 6.07) is 11.4. The SMILES string of the molecule is CC(C)(O)c1ccc(-c2cc(C(N)=O)c(Nc3cccc(Cn4cc(CCO)nn4)n3)s2)c(F)c1. The van der Waals surface area contributed by atoms with Crippen molar-refractivity contribution >= 4 is 28.1 Å². The number of pyridine rings is 1. The highest BCUT2D eigenvalue weighted by Crippen LogP contribution is 2.38. The van der Waals surface area contributed by atoms with Crippen molar-refractivity contribution in [1.82, 2.24) is 20.0 Å². The molecular formula is C24H25FN6O3S. The molecule has 3 aromatic heterocycles. The van der Waals surface area contributed by atoms with Gasteiger partial charge in [-0.1, -0.05) is 23.4 Å². The van der Waals surface area contributed by atoms with E-state index in [1.54, 1.807) is 49.0 Å². The van der Waals surface area contributed by atoms with Gasteiger partial charge in [0.05, 0.1) is 29.1 Å². The zero-order chi connectivity index (χ0) is 25.2. The number of carbonyl (C=O) groups excluding carboxylic acids is 1. The summed E-state index contributed by atoms with van der Waals surface area (Å²) in [5.74, 6) is -0.687. The van der Waals surface area contributed by atoms with Crippen molar-refractivity contribution in [2.75, 3.05) is 11.9 Å². The minimum absolute atomic E-state index is 0.00515. The van der Waals surface area contributed by atoms with Crippen LogP contribution in [0.15, 0.2) is 48.7 Å². The van der Waals surface area contributed by atoms with E-state index in [2.05, 4.69) is 20.6 Å². The number of hydrogen-bond donors (Lipinski definition) is 4. The second-order valence-electron chi connectivity index (χ2n) is 8.49. The van der Waals surface area contributed by atoms with Gasteiger partial charge < -0.3 is 21.3 Å². The molecule has 1 aromatic carbocycles. The number of anilines is 2. The van der Waals surface area contributed by atoms with Crippen LogP contribution in [-0.2, 0) is 18.6 Å². The van der Waals surface area contributed by atoms with Gasteiger partial charge in [0.25, 0.3) is 5.91 Å². The van der Waals surface area contributed by atoms with Gasteiger partial charge in [0, 0.05) is 29.7 Å². The van der Waals surface area contributed by atoms with E-state index in [1.165, 1.54) is 17.4 Å². The average Bonchev–Trinajstić information content (AvgIpc) is 3.40. The molecule has 0 saturated carbocycles. The molecule has 9 nitrogen and oxygen atoms in total. The van der Waals surface area contributed by atoms with Gasteiger partial charge >= 0.3 is 0 Å². The van der Waals surface area contributed by atoms with E-state index < -0.39 is 17.3 Å². The third-order valence-electron chi connectivity index (χ3n) is 5.26. The Bertz CT molecular complexity index is 1360. The summed E-state index contributed by atoms with van der Waals surface area (Å²) in [5, 5.41) is 30.8. The molecule has 4 aromatic rings. The van der Waals surface area contributed by atoms with Crippen LogP contribution in [0, 0.1) is 5.82 Å². The lowest BCUT2D eigenvalue weighted by atomic mass is 9.96. The normalized spacial score (nSPS) is 11.6. The van der Waals surface area contributed by atoms with E-state index in [-0.39, 0.29) is 12.2 Å². The molecule has 0 aliphatic heterocycles. The Labute approximate surface area is 205 Å². The number of carbonyl (C=O) groups is 1. The van der Waals surface area contributed by atoms with Crippen LogP contribution in [0.1, 0.15) is 41.2 Å². The molecule has 4 rings (SSSR count). The molecule has 0 unspecified atom stereocenters. The van der Waals surface area contributed by atoms with Crippen molar-refractivity contribution < 1.29 is 19.4 Å². The number of aliphatic hydroxyl groups excluding tert-OH is 1. The lowest BCUT2D eigenvalue weighted by Gasteiger charge is -2.18. The Morgan fingerprint density at radius 1 is 1.23 bits per heavy atom. The number of aliphatic hydroxyl groups is 2. The zero-order valence-corrected chi connectivity index (χ0v) is 20.0. The summed E-state index contributed by atoms with van der Waals surface area (Å²) in [6.45, 7) is 3.52. The lowest BCUT2D eigenvalue weighted by molar-refractivity contribution is 0.0782. The number of nitrogens with two attached hydrogens (primary N) is 1. The number of aromatic nitrogens is 4. The maximum absolute atomic E-state index is 14.9. The van der Waals surface area contributed by atoms with Gasteiger partial charge in [-0.2, -0.15) is 0 Å². The van der Waals surface area contributed by atoms with Gasteiger partial charge in [-0.25, -0.2) is 14.1 Å². The first-order valence-electron chi connectivity index (χ1n) is 10.8. The quantitative estimate of drug-likeness (QED) is 0.279. The molecule has 1 amide bonds. The molecule has 0 fully saturated rings. The monoisotopic (exact) mass is 496 g/mol. The number of benzene rings is 1. The Morgan fingerprint density at radius 2 is 2.03 bits per heavy atom. The van der Waals surface area contributed by atoms with Crippen LogP contribution < -0.4 is 11.1 Å². The molecule has 0 atom stereocenters. The van der Waals surface area contributed by atoms with Crippen LogP contribution >= 0.6 is 11.3 Å². The van der Waals surface area contributed by atoms with E-state index in [9.17, 15) is 14.3 Å². The van der Waals surface area contributed by atoms with E-state index in [0.29, 0.717) is 51.2 Å². The molecule has 0 aliphatic carbocycles. The van der Waals surface area contributed by atoms with Crippen LogP contribution in [0.3, 0.4) is 0 Å². The van der Waals surface area contributed by atoms with Crippen molar-refractivity contribution in [3.8, 4) is 10.4 Å². The Kier molecular flexibility index (Phi) is 6.92. The molecule has 0 saturated heterocycles. The zero-order valence-electron chi connectivity index (χ0n) is 19.2. The Hall–Kier alpha value is -3.67. The first-order chi connectivity index (χ1) is 16.6. The number of halogens is 1. The number of amides is 1. The number of rotatable bonds is 9. The molecule has 182 valence electrons. The third-order valence-corrected chi connectivity index (χ3v) is 6.35. The van der Waals surface area contributed by atoms with Crippen molar-refractivity contribution in [3.63, 3.8) is 0 Å². The third kappa shape index (κ3) is 5.70. The molecule has 0 radical (unpaired) electrons. The van der Waals surface area contributed by atoms with Crippen LogP contribution in [0.5, 0.6) is 0 Å². The van der Waals surface area contributed by atoms with E-state index in [4.69, 9.17) is 10.8 Å². The predicted molar refractivity (Wildman–Crippen MR) is 131 cm³/mol. The van der Waals surface area contributed by atoms with Gasteiger partial charge in [0.1, 0.15) is 16.6 Å². The Balaban J connectivity index is 1.59. The molecule has 5 N–H and O–H groups in total. The average molecular weight is 497 g/mol.